The fourth-order valence-electron chi connectivity index (χ4n) is 2.33. The van der Waals surface area contributed by atoms with Gasteiger partial charge in [-0.05, 0) is 25.2 Å². The van der Waals surface area contributed by atoms with E-state index in [4.69, 9.17) is 11.6 Å². The van der Waals surface area contributed by atoms with Gasteiger partial charge in [-0.25, -0.2) is 4.98 Å². The molecule has 2 heterocycles. The predicted molar refractivity (Wildman–Crippen MR) is 63.8 cm³/mol. The SMILES string of the molecule is CC1CCc2c(sc3ncc(CCl)n23)C1. The summed E-state index contributed by atoms with van der Waals surface area (Å²) in [5.74, 6) is 1.38. The zero-order chi connectivity index (χ0) is 10.4. The van der Waals surface area contributed by atoms with E-state index in [1.807, 2.05) is 17.5 Å². The Morgan fingerprint density at radius 1 is 1.67 bits per heavy atom. The number of thiazole rings is 1. The van der Waals surface area contributed by atoms with Crippen molar-refractivity contribution in [2.45, 2.75) is 32.1 Å². The van der Waals surface area contributed by atoms with Crippen molar-refractivity contribution in [1.82, 2.24) is 9.38 Å². The summed E-state index contributed by atoms with van der Waals surface area (Å²) in [6, 6.07) is 0. The number of nitrogens with zero attached hydrogens (tertiary/aromatic N) is 2. The van der Waals surface area contributed by atoms with Gasteiger partial charge in [-0.15, -0.1) is 22.9 Å². The summed E-state index contributed by atoms with van der Waals surface area (Å²) in [7, 11) is 0. The molecule has 0 fully saturated rings. The molecule has 4 heteroatoms. The third-order valence-corrected chi connectivity index (χ3v) is 4.55. The van der Waals surface area contributed by atoms with E-state index in [1.54, 1.807) is 0 Å². The van der Waals surface area contributed by atoms with Crippen LogP contribution >= 0.6 is 22.9 Å². The smallest absolute Gasteiger partial charge is 0.194 e. The van der Waals surface area contributed by atoms with Crippen molar-refractivity contribution < 1.29 is 0 Å². The Morgan fingerprint density at radius 2 is 2.53 bits per heavy atom. The number of alkyl halides is 1. The third kappa shape index (κ3) is 1.41. The van der Waals surface area contributed by atoms with E-state index in [2.05, 4.69) is 16.3 Å². The van der Waals surface area contributed by atoms with Crippen LogP contribution in [0, 0.1) is 5.92 Å². The van der Waals surface area contributed by atoms with Gasteiger partial charge < -0.3 is 0 Å². The second-order valence-electron chi connectivity index (χ2n) is 4.32. The number of imidazole rings is 1. The summed E-state index contributed by atoms with van der Waals surface area (Å²) in [5, 5.41) is 0. The third-order valence-electron chi connectivity index (χ3n) is 3.15. The van der Waals surface area contributed by atoms with Crippen LogP contribution in [0.1, 0.15) is 29.6 Å². The first kappa shape index (κ1) is 9.67. The average Bonchev–Trinajstić information content (AvgIpc) is 2.74. The normalized spacial score (nSPS) is 20.8. The van der Waals surface area contributed by atoms with Gasteiger partial charge in [-0.1, -0.05) is 6.92 Å². The topological polar surface area (TPSA) is 17.3 Å². The fraction of sp³-hybridized carbons (Fsp3) is 0.545. The van der Waals surface area contributed by atoms with Crippen molar-refractivity contribution in [3.8, 4) is 0 Å². The molecule has 80 valence electrons. The van der Waals surface area contributed by atoms with E-state index in [0.29, 0.717) is 5.88 Å². The Morgan fingerprint density at radius 3 is 3.33 bits per heavy atom. The van der Waals surface area contributed by atoms with Crippen LogP contribution in [0.4, 0.5) is 0 Å². The Bertz CT molecular complexity index is 500. The lowest BCUT2D eigenvalue weighted by Crippen LogP contribution is -2.11. The van der Waals surface area contributed by atoms with E-state index in [9.17, 15) is 0 Å². The van der Waals surface area contributed by atoms with Crippen LogP contribution in [0.15, 0.2) is 6.20 Å². The standard InChI is InChI=1S/C11H13ClN2S/c1-7-2-3-9-10(4-7)15-11-13-6-8(5-12)14(9)11/h6-7H,2-5H2,1H3. The molecule has 2 aromatic heterocycles. The van der Waals surface area contributed by atoms with Crippen molar-refractivity contribution in [3.05, 3.63) is 22.5 Å². The van der Waals surface area contributed by atoms with E-state index in [-0.39, 0.29) is 0 Å². The molecule has 0 bridgehead atoms. The van der Waals surface area contributed by atoms with E-state index >= 15 is 0 Å². The largest absolute Gasteiger partial charge is 0.290 e. The predicted octanol–water partition coefficient (Wildman–Crippen LogP) is 3.26. The van der Waals surface area contributed by atoms with Crippen LogP contribution in [-0.4, -0.2) is 9.38 Å². The number of fused-ring (bicyclic) bond motifs is 3. The molecule has 0 spiro atoms. The molecule has 1 aliphatic carbocycles. The molecule has 0 radical (unpaired) electrons. The highest BCUT2D eigenvalue weighted by molar-refractivity contribution is 7.17. The van der Waals surface area contributed by atoms with Crippen molar-refractivity contribution in [1.29, 1.82) is 0 Å². The maximum atomic E-state index is 5.92. The van der Waals surface area contributed by atoms with Crippen LogP contribution in [0.3, 0.4) is 0 Å². The van der Waals surface area contributed by atoms with Gasteiger partial charge >= 0.3 is 0 Å². The maximum absolute atomic E-state index is 5.92. The monoisotopic (exact) mass is 240 g/mol. The molecule has 0 aliphatic heterocycles. The molecule has 0 saturated heterocycles. The zero-order valence-electron chi connectivity index (χ0n) is 8.66. The van der Waals surface area contributed by atoms with Crippen LogP contribution in [0.5, 0.6) is 0 Å². The van der Waals surface area contributed by atoms with E-state index < -0.39 is 0 Å². The molecule has 1 atom stereocenters. The quantitative estimate of drug-likeness (QED) is 0.700. The van der Waals surface area contributed by atoms with E-state index in [1.165, 1.54) is 29.8 Å². The first-order valence-electron chi connectivity index (χ1n) is 5.32. The Hall–Kier alpha value is -0.540. The summed E-state index contributed by atoms with van der Waals surface area (Å²) < 4.78 is 2.26. The van der Waals surface area contributed by atoms with Crippen LogP contribution in [0.25, 0.3) is 4.96 Å². The van der Waals surface area contributed by atoms with Crippen LogP contribution in [-0.2, 0) is 18.7 Å². The number of hydrogen-bond acceptors (Lipinski definition) is 2. The second kappa shape index (κ2) is 3.49. The van der Waals surface area contributed by atoms with Crippen molar-refractivity contribution in [2.24, 2.45) is 5.92 Å². The zero-order valence-corrected chi connectivity index (χ0v) is 10.2. The molecule has 0 saturated carbocycles. The molecule has 0 aromatic carbocycles. The second-order valence-corrected chi connectivity index (χ2v) is 5.65. The van der Waals surface area contributed by atoms with Gasteiger partial charge in [0, 0.05) is 10.6 Å². The Labute approximate surface area is 97.9 Å². The lowest BCUT2D eigenvalue weighted by molar-refractivity contribution is 0.498. The highest BCUT2D eigenvalue weighted by Crippen LogP contribution is 2.33. The molecular weight excluding hydrogens is 228 g/mol. The van der Waals surface area contributed by atoms with Crippen LogP contribution in [0.2, 0.25) is 0 Å². The molecule has 0 amide bonds. The molecule has 1 aliphatic rings. The summed E-state index contributed by atoms with van der Waals surface area (Å²) in [5.41, 5.74) is 2.60. The van der Waals surface area contributed by atoms with Gasteiger partial charge in [0.1, 0.15) is 0 Å². The first-order valence-corrected chi connectivity index (χ1v) is 6.67. The molecule has 2 aromatic rings. The van der Waals surface area contributed by atoms with E-state index in [0.717, 1.165) is 16.6 Å². The minimum atomic E-state index is 0.555. The van der Waals surface area contributed by atoms with Crippen molar-refractivity contribution in [3.63, 3.8) is 0 Å². The number of aromatic nitrogens is 2. The number of hydrogen-bond donors (Lipinski definition) is 0. The lowest BCUT2D eigenvalue weighted by Gasteiger charge is -2.17. The minimum absolute atomic E-state index is 0.555. The number of rotatable bonds is 1. The minimum Gasteiger partial charge on any atom is -0.290 e. The highest BCUT2D eigenvalue weighted by atomic mass is 35.5. The molecule has 15 heavy (non-hydrogen) atoms. The molecular formula is C11H13ClN2S. The maximum Gasteiger partial charge on any atom is 0.194 e. The van der Waals surface area contributed by atoms with Crippen molar-refractivity contribution >= 4 is 27.9 Å². The first-order chi connectivity index (χ1) is 7.29. The fourth-order valence-corrected chi connectivity index (χ4v) is 3.84. The molecule has 1 unspecified atom stereocenters. The van der Waals surface area contributed by atoms with Gasteiger partial charge in [0.15, 0.2) is 4.96 Å². The Balaban J connectivity index is 2.21. The van der Waals surface area contributed by atoms with Gasteiger partial charge in [0.25, 0.3) is 0 Å². The van der Waals surface area contributed by atoms with Crippen molar-refractivity contribution in [2.75, 3.05) is 0 Å². The summed E-state index contributed by atoms with van der Waals surface area (Å²) >= 11 is 7.75. The lowest BCUT2D eigenvalue weighted by atomic mass is 9.93. The van der Waals surface area contributed by atoms with Crippen LogP contribution < -0.4 is 0 Å². The number of aryl methyl sites for hydroxylation is 1. The molecule has 3 rings (SSSR count). The highest BCUT2D eigenvalue weighted by Gasteiger charge is 2.22. The summed E-state index contributed by atoms with van der Waals surface area (Å²) in [4.78, 5) is 7.05. The number of halogens is 1. The summed E-state index contributed by atoms with van der Waals surface area (Å²) in [6.07, 6.45) is 5.58. The van der Waals surface area contributed by atoms with Gasteiger partial charge in [-0.2, -0.15) is 0 Å². The Kier molecular flexibility index (Phi) is 2.25. The van der Waals surface area contributed by atoms with Gasteiger partial charge in [0.2, 0.25) is 0 Å². The van der Waals surface area contributed by atoms with Gasteiger partial charge in [-0.3, -0.25) is 4.40 Å². The average molecular weight is 241 g/mol. The van der Waals surface area contributed by atoms with Gasteiger partial charge in [0.05, 0.1) is 17.8 Å². The molecule has 2 nitrogen and oxygen atoms in total. The summed E-state index contributed by atoms with van der Waals surface area (Å²) in [6.45, 7) is 2.33. The molecule has 0 N–H and O–H groups in total.